The van der Waals surface area contributed by atoms with Crippen LogP contribution in [0.1, 0.15) is 48.4 Å². The number of carbonyl (C=O) groups is 1. The Hall–Kier alpha value is -3.82. The Morgan fingerprint density at radius 3 is 2.83 bits per heavy atom. The summed E-state index contributed by atoms with van der Waals surface area (Å²) in [6.07, 6.45) is 6.77. The van der Waals surface area contributed by atoms with E-state index >= 15 is 0 Å². The summed E-state index contributed by atoms with van der Waals surface area (Å²) < 4.78 is 9.46. The molecular formula is C26H30N8O2. The fraction of sp³-hybridized carbons (Fsp3) is 0.462. The first-order valence-corrected chi connectivity index (χ1v) is 12.7. The number of fused-ring (bicyclic) bond motifs is 1. The largest absolute Gasteiger partial charge is 0.339 e. The van der Waals surface area contributed by atoms with Gasteiger partial charge in [0.05, 0.1) is 0 Å². The lowest BCUT2D eigenvalue weighted by molar-refractivity contribution is -0.132. The molecule has 10 nitrogen and oxygen atoms in total. The average Bonchev–Trinajstić information content (AvgIpc) is 3.24. The molecule has 1 aliphatic heterocycles. The number of hydrogen-bond acceptors (Lipinski definition) is 7. The Kier molecular flexibility index (Phi) is 5.86. The summed E-state index contributed by atoms with van der Waals surface area (Å²) in [5.41, 5.74) is 5.21. The molecule has 4 heterocycles. The van der Waals surface area contributed by atoms with Gasteiger partial charge in [0, 0.05) is 62.8 Å². The molecule has 0 N–H and O–H groups in total. The predicted molar refractivity (Wildman–Crippen MR) is 131 cm³/mol. The van der Waals surface area contributed by atoms with Crippen LogP contribution in [0.3, 0.4) is 0 Å². The van der Waals surface area contributed by atoms with Crippen molar-refractivity contribution in [2.75, 3.05) is 6.54 Å². The monoisotopic (exact) mass is 486 g/mol. The topological polar surface area (TPSA) is 108 Å². The molecule has 1 aliphatic carbocycles. The van der Waals surface area contributed by atoms with Crippen LogP contribution >= 0.6 is 0 Å². The Labute approximate surface area is 209 Å². The van der Waals surface area contributed by atoms with Crippen LogP contribution < -0.4 is 0 Å². The number of benzene rings is 1. The summed E-state index contributed by atoms with van der Waals surface area (Å²) >= 11 is 0. The van der Waals surface area contributed by atoms with Crippen molar-refractivity contribution in [2.24, 2.45) is 13.0 Å². The van der Waals surface area contributed by atoms with Crippen LogP contribution in [0, 0.1) is 12.8 Å². The molecule has 2 aliphatic rings. The second-order valence-electron chi connectivity index (χ2n) is 9.94. The maximum Gasteiger partial charge on any atom is 0.226 e. The van der Waals surface area contributed by atoms with Crippen molar-refractivity contribution in [3.63, 3.8) is 0 Å². The standard InChI is InChI=1S/C26H30N8O2/c1-17-6-10-19(11-7-17)25-28-22(36-31-25)4-3-5-23(35)33-13-12-21-20(15-33)24(30-32(21)2)26-29-27-16-34(26)14-18-8-9-18/h6-7,10-11,16,18H,3-5,8-9,12-15H2,1-2H3. The quantitative estimate of drug-likeness (QED) is 0.376. The first kappa shape index (κ1) is 22.6. The lowest BCUT2D eigenvalue weighted by Crippen LogP contribution is -2.36. The van der Waals surface area contributed by atoms with Crippen molar-refractivity contribution >= 4 is 5.91 Å². The highest BCUT2D eigenvalue weighted by Crippen LogP contribution is 2.33. The molecule has 0 radical (unpaired) electrons. The molecule has 1 amide bonds. The molecule has 0 saturated heterocycles. The summed E-state index contributed by atoms with van der Waals surface area (Å²) in [6, 6.07) is 8.02. The first-order valence-electron chi connectivity index (χ1n) is 12.7. The van der Waals surface area contributed by atoms with Crippen molar-refractivity contribution in [3.8, 4) is 22.9 Å². The van der Waals surface area contributed by atoms with Crippen molar-refractivity contribution in [1.82, 2.24) is 39.6 Å². The molecule has 36 heavy (non-hydrogen) atoms. The van der Waals surface area contributed by atoms with E-state index in [0.717, 1.165) is 35.6 Å². The van der Waals surface area contributed by atoms with E-state index in [1.165, 1.54) is 24.1 Å². The van der Waals surface area contributed by atoms with Gasteiger partial charge >= 0.3 is 0 Å². The number of rotatable bonds is 8. The van der Waals surface area contributed by atoms with Crippen LogP contribution in [0.4, 0.5) is 0 Å². The van der Waals surface area contributed by atoms with Gasteiger partial charge in [-0.2, -0.15) is 10.1 Å². The minimum atomic E-state index is 0.133. The zero-order valence-electron chi connectivity index (χ0n) is 20.7. The molecule has 1 fully saturated rings. The summed E-state index contributed by atoms with van der Waals surface area (Å²) in [5, 5.41) is 17.4. The third-order valence-corrected chi connectivity index (χ3v) is 7.13. The summed E-state index contributed by atoms with van der Waals surface area (Å²) in [6.45, 7) is 4.21. The molecule has 1 saturated carbocycles. The second kappa shape index (κ2) is 9.33. The number of carbonyl (C=O) groups excluding carboxylic acids is 1. The van der Waals surface area contributed by atoms with Crippen LogP contribution in [-0.2, 0) is 37.8 Å². The van der Waals surface area contributed by atoms with E-state index in [-0.39, 0.29) is 5.91 Å². The fourth-order valence-electron chi connectivity index (χ4n) is 4.86. The molecular weight excluding hydrogens is 456 g/mol. The third kappa shape index (κ3) is 4.55. The molecule has 3 aromatic heterocycles. The van der Waals surface area contributed by atoms with Gasteiger partial charge in [0.25, 0.3) is 0 Å². The third-order valence-electron chi connectivity index (χ3n) is 7.13. The van der Waals surface area contributed by atoms with E-state index in [2.05, 4.69) is 24.9 Å². The Morgan fingerprint density at radius 1 is 1.19 bits per heavy atom. The molecule has 0 spiro atoms. The lowest BCUT2D eigenvalue weighted by Gasteiger charge is -2.27. The molecule has 10 heteroatoms. The minimum Gasteiger partial charge on any atom is -0.339 e. The van der Waals surface area contributed by atoms with Gasteiger partial charge in [0.1, 0.15) is 12.0 Å². The molecule has 0 bridgehead atoms. The Bertz CT molecular complexity index is 1380. The van der Waals surface area contributed by atoms with Crippen molar-refractivity contribution in [1.29, 1.82) is 0 Å². The van der Waals surface area contributed by atoms with Crippen molar-refractivity contribution in [3.05, 3.63) is 53.3 Å². The fourth-order valence-corrected chi connectivity index (χ4v) is 4.86. The number of aryl methyl sites for hydroxylation is 3. The molecule has 0 atom stereocenters. The lowest BCUT2D eigenvalue weighted by atomic mass is 10.0. The van der Waals surface area contributed by atoms with Gasteiger partial charge in [-0.1, -0.05) is 35.0 Å². The molecule has 0 unspecified atom stereocenters. The van der Waals surface area contributed by atoms with E-state index in [0.29, 0.717) is 50.0 Å². The smallest absolute Gasteiger partial charge is 0.226 e. The highest BCUT2D eigenvalue weighted by molar-refractivity contribution is 5.77. The van der Waals surface area contributed by atoms with Gasteiger partial charge in [-0.3, -0.25) is 9.48 Å². The second-order valence-corrected chi connectivity index (χ2v) is 9.94. The zero-order chi connectivity index (χ0) is 24.6. The van der Waals surface area contributed by atoms with E-state index < -0.39 is 0 Å². The molecule has 1 aromatic carbocycles. The maximum atomic E-state index is 13.1. The van der Waals surface area contributed by atoms with Gasteiger partial charge in [-0.25, -0.2) is 0 Å². The first-order chi connectivity index (χ1) is 17.5. The molecule has 4 aromatic rings. The summed E-state index contributed by atoms with van der Waals surface area (Å²) in [5.74, 6) is 2.79. The van der Waals surface area contributed by atoms with Gasteiger partial charge < -0.3 is 14.0 Å². The highest BCUT2D eigenvalue weighted by Gasteiger charge is 2.30. The van der Waals surface area contributed by atoms with Gasteiger partial charge in [0.15, 0.2) is 5.82 Å². The van der Waals surface area contributed by atoms with Crippen LogP contribution in [0.15, 0.2) is 35.1 Å². The molecule has 6 rings (SSSR count). The Balaban J connectivity index is 1.09. The number of nitrogens with zero attached hydrogens (tertiary/aromatic N) is 8. The zero-order valence-corrected chi connectivity index (χ0v) is 20.7. The van der Waals surface area contributed by atoms with Crippen LogP contribution in [0.5, 0.6) is 0 Å². The number of hydrogen-bond donors (Lipinski definition) is 0. The van der Waals surface area contributed by atoms with Gasteiger partial charge in [0.2, 0.25) is 17.6 Å². The number of amides is 1. The van der Waals surface area contributed by atoms with Crippen molar-refractivity contribution in [2.45, 2.75) is 58.5 Å². The van der Waals surface area contributed by atoms with Gasteiger partial charge in [-0.05, 0) is 32.1 Å². The van der Waals surface area contributed by atoms with Crippen molar-refractivity contribution < 1.29 is 9.32 Å². The van der Waals surface area contributed by atoms with Crippen LogP contribution in [0.2, 0.25) is 0 Å². The average molecular weight is 487 g/mol. The number of aromatic nitrogens is 7. The van der Waals surface area contributed by atoms with E-state index in [4.69, 9.17) is 9.62 Å². The minimum absolute atomic E-state index is 0.133. The van der Waals surface area contributed by atoms with E-state index in [1.807, 2.05) is 47.8 Å². The van der Waals surface area contributed by atoms with E-state index in [9.17, 15) is 4.79 Å². The molecule has 186 valence electrons. The van der Waals surface area contributed by atoms with Gasteiger partial charge in [-0.15, -0.1) is 10.2 Å². The predicted octanol–water partition coefficient (Wildman–Crippen LogP) is 3.35. The van der Waals surface area contributed by atoms with E-state index in [1.54, 1.807) is 6.33 Å². The SMILES string of the molecule is Cc1ccc(-c2noc(CCCC(=O)N3CCc4c(c(-c5nncn5CC5CC5)nn4C)C3)n2)cc1. The normalized spacial score (nSPS) is 15.3. The maximum absolute atomic E-state index is 13.1. The summed E-state index contributed by atoms with van der Waals surface area (Å²) in [7, 11) is 1.97. The van der Waals surface area contributed by atoms with Crippen LogP contribution in [0.25, 0.3) is 22.9 Å². The summed E-state index contributed by atoms with van der Waals surface area (Å²) in [4.78, 5) is 19.5. The highest BCUT2D eigenvalue weighted by atomic mass is 16.5. The van der Waals surface area contributed by atoms with Crippen LogP contribution in [-0.4, -0.2) is 52.0 Å². The Morgan fingerprint density at radius 2 is 2.03 bits per heavy atom.